The van der Waals surface area contributed by atoms with Crippen molar-refractivity contribution in [3.05, 3.63) is 39.8 Å². The van der Waals surface area contributed by atoms with Gasteiger partial charge in [0.25, 0.3) is 0 Å². The van der Waals surface area contributed by atoms with Crippen LogP contribution in [0.3, 0.4) is 0 Å². The van der Waals surface area contributed by atoms with E-state index in [1.165, 1.54) is 6.92 Å². The number of fused-ring (bicyclic) bond motifs is 4. The SMILES string of the molecule is Cc1cc(N)c(F)c(C2Cc3nc(OC[C@@]45CCCN4C[C@H](F)C5)nc(N4CC5CCC(C4)N5)c3C(C)O2)c1C(F)(F)F. The molecule has 0 saturated carbocycles. The molecule has 0 radical (unpaired) electrons. The molecule has 4 unspecified atom stereocenters. The lowest BCUT2D eigenvalue weighted by molar-refractivity contribution is -0.141. The summed E-state index contributed by atoms with van der Waals surface area (Å²) >= 11 is 0. The number of alkyl halides is 4. The lowest BCUT2D eigenvalue weighted by atomic mass is 9.89. The van der Waals surface area contributed by atoms with Gasteiger partial charge in [-0.25, -0.2) is 8.78 Å². The first kappa shape index (κ1) is 29.0. The van der Waals surface area contributed by atoms with E-state index >= 15 is 4.39 Å². The van der Waals surface area contributed by atoms with Gasteiger partial charge in [0.05, 0.1) is 34.7 Å². The molecule has 2 bridgehead atoms. The van der Waals surface area contributed by atoms with Gasteiger partial charge >= 0.3 is 12.2 Å². The van der Waals surface area contributed by atoms with E-state index in [1.807, 2.05) is 0 Å². The van der Waals surface area contributed by atoms with Gasteiger partial charge in [0.1, 0.15) is 18.6 Å². The molecule has 1 aromatic heterocycles. The lowest BCUT2D eigenvalue weighted by Crippen LogP contribution is -2.52. The Bertz CT molecular complexity index is 1410. The highest BCUT2D eigenvalue weighted by molar-refractivity contribution is 5.56. The summed E-state index contributed by atoms with van der Waals surface area (Å²) in [5, 5.41) is 3.60. The summed E-state index contributed by atoms with van der Waals surface area (Å²) in [6, 6.07) is 1.69. The number of rotatable bonds is 5. The molecule has 7 rings (SSSR count). The molecule has 4 fully saturated rings. The summed E-state index contributed by atoms with van der Waals surface area (Å²) < 4.78 is 85.0. The van der Waals surface area contributed by atoms with E-state index in [-0.39, 0.29) is 30.3 Å². The van der Waals surface area contributed by atoms with E-state index in [0.717, 1.165) is 38.3 Å². The predicted molar refractivity (Wildman–Crippen MR) is 149 cm³/mol. The zero-order chi connectivity index (χ0) is 30.3. The van der Waals surface area contributed by atoms with Crippen molar-refractivity contribution in [1.82, 2.24) is 20.2 Å². The number of nitrogen functional groups attached to an aromatic ring is 1. The maximum Gasteiger partial charge on any atom is 0.417 e. The van der Waals surface area contributed by atoms with Gasteiger partial charge in [-0.1, -0.05) is 0 Å². The van der Waals surface area contributed by atoms with Crippen LogP contribution in [0.4, 0.5) is 33.5 Å². The zero-order valence-corrected chi connectivity index (χ0v) is 24.3. The van der Waals surface area contributed by atoms with Gasteiger partial charge < -0.3 is 25.4 Å². The maximum atomic E-state index is 15.4. The second-order valence-corrected chi connectivity index (χ2v) is 13.0. The van der Waals surface area contributed by atoms with Crippen LogP contribution >= 0.6 is 0 Å². The van der Waals surface area contributed by atoms with Gasteiger partial charge in [-0.15, -0.1) is 0 Å². The highest BCUT2D eigenvalue weighted by Gasteiger charge is 2.50. The first-order chi connectivity index (χ1) is 20.4. The molecule has 6 heterocycles. The number of aryl methyl sites for hydroxylation is 1. The number of hydrogen-bond donors (Lipinski definition) is 2. The van der Waals surface area contributed by atoms with E-state index in [4.69, 9.17) is 25.2 Å². The molecule has 5 aliphatic rings. The third kappa shape index (κ3) is 5.01. The van der Waals surface area contributed by atoms with Crippen molar-refractivity contribution in [2.45, 2.75) is 94.6 Å². The van der Waals surface area contributed by atoms with E-state index in [2.05, 4.69) is 15.1 Å². The molecule has 4 saturated heterocycles. The number of nitrogens with two attached hydrogens (primary N) is 1. The van der Waals surface area contributed by atoms with Crippen LogP contribution in [-0.4, -0.2) is 71.4 Å². The summed E-state index contributed by atoms with van der Waals surface area (Å²) in [4.78, 5) is 13.9. The molecule has 43 heavy (non-hydrogen) atoms. The molecule has 0 aliphatic carbocycles. The van der Waals surface area contributed by atoms with Crippen LogP contribution in [0, 0.1) is 12.7 Å². The first-order valence-electron chi connectivity index (χ1n) is 15.2. The summed E-state index contributed by atoms with van der Waals surface area (Å²) in [5.41, 5.74) is 4.30. The Labute approximate surface area is 247 Å². The highest BCUT2D eigenvalue weighted by Crippen LogP contribution is 2.48. The number of piperazine rings is 1. The Morgan fingerprint density at radius 2 is 1.91 bits per heavy atom. The van der Waals surface area contributed by atoms with E-state index in [0.29, 0.717) is 55.2 Å². The molecule has 0 spiro atoms. The molecule has 8 nitrogen and oxygen atoms in total. The van der Waals surface area contributed by atoms with E-state index in [9.17, 15) is 17.6 Å². The Hall–Kier alpha value is -2.77. The van der Waals surface area contributed by atoms with E-state index in [1.54, 1.807) is 6.92 Å². The van der Waals surface area contributed by atoms with Crippen LogP contribution in [0.15, 0.2) is 6.07 Å². The Balaban J connectivity index is 1.28. The van der Waals surface area contributed by atoms with Crippen LogP contribution in [0.2, 0.25) is 0 Å². The van der Waals surface area contributed by atoms with Crippen molar-refractivity contribution in [2.75, 3.05) is 43.4 Å². The van der Waals surface area contributed by atoms with Crippen molar-refractivity contribution in [3.63, 3.8) is 0 Å². The Kier molecular flexibility index (Phi) is 7.01. The standard InChI is InChI=1S/C30H37F5N6O2/c1-15-8-20(36)26(32)24(25(15)30(33,34)35)22-9-21-23(16(2)43-22)27(40-12-18-4-5-19(13-40)37-18)39-28(38-21)42-14-29-6-3-7-41(29)11-17(31)10-29/h8,16-19,22,37H,3-7,9-14,36H2,1-2H3/t16?,17-,18?,19?,22?,29+/m1/s1. The molecule has 3 N–H and O–H groups in total. The van der Waals surface area contributed by atoms with Crippen molar-refractivity contribution in [2.24, 2.45) is 0 Å². The van der Waals surface area contributed by atoms with Gasteiger partial charge in [-0.05, 0) is 57.7 Å². The minimum absolute atomic E-state index is 0.0938. The number of ether oxygens (including phenoxy) is 2. The fraction of sp³-hybridized carbons (Fsp3) is 0.667. The zero-order valence-electron chi connectivity index (χ0n) is 24.3. The van der Waals surface area contributed by atoms with Crippen molar-refractivity contribution in [3.8, 4) is 6.01 Å². The second kappa shape index (κ2) is 10.4. The largest absolute Gasteiger partial charge is 0.461 e. The molecule has 13 heteroatoms. The quantitative estimate of drug-likeness (QED) is 0.370. The Morgan fingerprint density at radius 3 is 2.63 bits per heavy atom. The molecule has 0 amide bonds. The Morgan fingerprint density at radius 1 is 1.16 bits per heavy atom. The number of hydrogen-bond acceptors (Lipinski definition) is 8. The van der Waals surface area contributed by atoms with Crippen molar-refractivity contribution in [1.29, 1.82) is 0 Å². The van der Waals surface area contributed by atoms with Crippen molar-refractivity contribution >= 4 is 11.5 Å². The number of halogens is 5. The normalized spacial score (nSPS) is 32.3. The number of anilines is 2. The summed E-state index contributed by atoms with van der Waals surface area (Å²) in [7, 11) is 0. The monoisotopic (exact) mass is 608 g/mol. The number of nitrogens with one attached hydrogen (secondary N) is 1. The minimum atomic E-state index is -4.81. The molecule has 234 valence electrons. The van der Waals surface area contributed by atoms with Crippen molar-refractivity contribution < 1.29 is 31.4 Å². The van der Waals surface area contributed by atoms with Crippen LogP contribution < -0.4 is 20.7 Å². The highest BCUT2D eigenvalue weighted by atomic mass is 19.4. The summed E-state index contributed by atoms with van der Waals surface area (Å²) in [6.07, 6.45) is -3.60. The molecular formula is C30H37F5N6O2. The summed E-state index contributed by atoms with van der Waals surface area (Å²) in [5.74, 6) is -0.509. The third-order valence-corrected chi connectivity index (χ3v) is 10.0. The van der Waals surface area contributed by atoms with Crippen LogP contribution in [-0.2, 0) is 17.3 Å². The van der Waals surface area contributed by atoms with Gasteiger partial charge in [0.2, 0.25) is 0 Å². The second-order valence-electron chi connectivity index (χ2n) is 13.0. The predicted octanol–water partition coefficient (Wildman–Crippen LogP) is 4.80. The maximum absolute atomic E-state index is 15.4. The minimum Gasteiger partial charge on any atom is -0.461 e. The average Bonchev–Trinajstić information content (AvgIpc) is 3.58. The fourth-order valence-electron chi connectivity index (χ4n) is 8.21. The number of nitrogens with zero attached hydrogens (tertiary/aromatic N) is 4. The first-order valence-corrected chi connectivity index (χ1v) is 15.2. The molecule has 2 aromatic rings. The van der Waals surface area contributed by atoms with Crippen LogP contribution in [0.5, 0.6) is 6.01 Å². The van der Waals surface area contributed by atoms with E-state index < -0.39 is 47.0 Å². The van der Waals surface area contributed by atoms with Gasteiger partial charge in [0.15, 0.2) is 5.82 Å². The fourth-order valence-corrected chi connectivity index (χ4v) is 8.21. The molecule has 5 aliphatic heterocycles. The van der Waals surface area contributed by atoms with Crippen LogP contribution in [0.25, 0.3) is 0 Å². The van der Waals surface area contributed by atoms with Gasteiger partial charge in [0, 0.05) is 55.7 Å². The number of benzene rings is 1. The van der Waals surface area contributed by atoms with Gasteiger partial charge in [-0.2, -0.15) is 23.1 Å². The summed E-state index contributed by atoms with van der Waals surface area (Å²) in [6.45, 7) is 5.82. The molecule has 1 aromatic carbocycles. The van der Waals surface area contributed by atoms with Gasteiger partial charge in [-0.3, -0.25) is 4.90 Å². The molecule has 6 atom stereocenters. The topological polar surface area (TPSA) is 88.8 Å². The molecular weight excluding hydrogens is 571 g/mol. The lowest BCUT2D eigenvalue weighted by Gasteiger charge is -2.38. The van der Waals surface area contributed by atoms with Crippen LogP contribution in [0.1, 0.15) is 79.2 Å². The number of aromatic nitrogens is 2. The third-order valence-electron chi connectivity index (χ3n) is 10.0. The smallest absolute Gasteiger partial charge is 0.417 e. The average molecular weight is 609 g/mol.